The highest BCUT2D eigenvalue weighted by Crippen LogP contribution is 2.20. The summed E-state index contributed by atoms with van der Waals surface area (Å²) in [6.07, 6.45) is 0. The molecule has 0 saturated carbocycles. The molecule has 2 aromatic rings. The quantitative estimate of drug-likeness (QED) is 0.350. The van der Waals surface area contributed by atoms with E-state index in [-0.39, 0.29) is 5.69 Å². The van der Waals surface area contributed by atoms with Crippen molar-refractivity contribution in [3.8, 4) is 0 Å². The van der Waals surface area contributed by atoms with Gasteiger partial charge >= 0.3 is 5.63 Å². The molecule has 0 aliphatic rings. The molecule has 76 valence electrons. The van der Waals surface area contributed by atoms with Crippen LogP contribution in [0.5, 0.6) is 0 Å². The van der Waals surface area contributed by atoms with Crippen LogP contribution in [0.25, 0.3) is 11.0 Å². The Bertz CT molecular complexity index is 605. The third-order valence-corrected chi connectivity index (χ3v) is 2.64. The minimum Gasteiger partial charge on any atom is -0.422 e. The summed E-state index contributed by atoms with van der Waals surface area (Å²) >= 11 is 1.83. The van der Waals surface area contributed by atoms with Crippen LogP contribution in [0.15, 0.2) is 33.5 Å². The molecule has 1 aromatic heterocycles. The van der Waals surface area contributed by atoms with Crippen molar-refractivity contribution >= 4 is 39.2 Å². The fourth-order valence-electron chi connectivity index (χ4n) is 1.20. The van der Waals surface area contributed by atoms with Gasteiger partial charge < -0.3 is 4.42 Å². The summed E-state index contributed by atoms with van der Waals surface area (Å²) in [5, 5.41) is 11.1. The van der Waals surface area contributed by atoms with Crippen molar-refractivity contribution < 1.29 is 9.34 Å². The second-order valence-electron chi connectivity index (χ2n) is 2.86. The van der Waals surface area contributed by atoms with E-state index in [1.807, 2.05) is 22.6 Å². The van der Waals surface area contributed by atoms with E-state index in [9.17, 15) is 14.9 Å². The van der Waals surface area contributed by atoms with Gasteiger partial charge in [-0.2, -0.15) is 0 Å². The van der Waals surface area contributed by atoms with Gasteiger partial charge in [-0.1, -0.05) is 0 Å². The molecule has 0 radical (unpaired) electrons. The average Bonchev–Trinajstić information content (AvgIpc) is 2.19. The van der Waals surface area contributed by atoms with Crippen molar-refractivity contribution in [2.75, 3.05) is 0 Å². The van der Waals surface area contributed by atoms with Gasteiger partial charge in [-0.25, -0.2) is 4.79 Å². The normalized spacial score (nSPS) is 10.5. The number of hydrogen-bond donors (Lipinski definition) is 0. The van der Waals surface area contributed by atoms with Crippen LogP contribution < -0.4 is 5.63 Å². The van der Waals surface area contributed by atoms with Gasteiger partial charge in [0.1, 0.15) is 5.58 Å². The van der Waals surface area contributed by atoms with Gasteiger partial charge in [0.15, 0.2) is 0 Å². The second-order valence-corrected chi connectivity index (χ2v) is 4.02. The molecular weight excluding hydrogens is 313 g/mol. The Balaban J connectivity index is 2.77. The lowest BCUT2D eigenvalue weighted by Gasteiger charge is -1.96. The van der Waals surface area contributed by atoms with Crippen LogP contribution in [0.1, 0.15) is 0 Å². The summed E-state index contributed by atoms with van der Waals surface area (Å²) in [4.78, 5) is 21.2. The predicted molar refractivity (Wildman–Crippen MR) is 61.9 cm³/mol. The van der Waals surface area contributed by atoms with Crippen molar-refractivity contribution in [2.24, 2.45) is 0 Å². The van der Waals surface area contributed by atoms with E-state index in [4.69, 9.17) is 4.42 Å². The van der Waals surface area contributed by atoms with E-state index in [0.717, 1.165) is 0 Å². The Morgan fingerprint density at radius 2 is 2.07 bits per heavy atom. The first-order valence-corrected chi connectivity index (χ1v) is 5.03. The molecule has 6 heteroatoms. The molecule has 0 fully saturated rings. The van der Waals surface area contributed by atoms with Gasteiger partial charge in [-0.3, -0.25) is 10.1 Å². The maximum atomic E-state index is 11.1. The summed E-state index contributed by atoms with van der Waals surface area (Å²) in [6, 6.07) is 5.66. The van der Waals surface area contributed by atoms with Crippen molar-refractivity contribution in [1.82, 2.24) is 0 Å². The highest BCUT2D eigenvalue weighted by Gasteiger charge is 2.08. The highest BCUT2D eigenvalue weighted by atomic mass is 127. The first-order chi connectivity index (χ1) is 7.08. The summed E-state index contributed by atoms with van der Waals surface area (Å²) in [5.41, 5.74) is -0.102. The maximum absolute atomic E-state index is 11.1. The summed E-state index contributed by atoms with van der Waals surface area (Å²) in [5.74, 6) is 0. The van der Waals surface area contributed by atoms with Crippen LogP contribution in [0.3, 0.4) is 0 Å². The van der Waals surface area contributed by atoms with Crippen LogP contribution in [0.2, 0.25) is 0 Å². The number of fused-ring (bicyclic) bond motifs is 1. The minimum atomic E-state index is -0.489. The zero-order valence-electron chi connectivity index (χ0n) is 7.27. The predicted octanol–water partition coefficient (Wildman–Crippen LogP) is 2.31. The molecule has 0 aliphatic heterocycles. The van der Waals surface area contributed by atoms with Gasteiger partial charge in [0.25, 0.3) is 5.69 Å². The molecule has 1 heterocycles. The number of nitro benzene ring substituents is 1. The fourth-order valence-corrected chi connectivity index (χ4v) is 1.64. The minimum absolute atomic E-state index is 0.0212. The van der Waals surface area contributed by atoms with Crippen molar-refractivity contribution in [3.05, 3.63) is 48.4 Å². The molecule has 5 nitrogen and oxygen atoms in total. The van der Waals surface area contributed by atoms with E-state index < -0.39 is 10.5 Å². The molecule has 0 N–H and O–H groups in total. The molecule has 0 saturated heterocycles. The smallest absolute Gasteiger partial charge is 0.349 e. The van der Waals surface area contributed by atoms with Gasteiger partial charge in [-0.05, 0) is 34.7 Å². The molecule has 0 atom stereocenters. The van der Waals surface area contributed by atoms with Crippen molar-refractivity contribution in [3.63, 3.8) is 0 Å². The van der Waals surface area contributed by atoms with Crippen LogP contribution in [0, 0.1) is 13.7 Å². The lowest BCUT2D eigenvalue weighted by molar-refractivity contribution is -0.384. The van der Waals surface area contributed by atoms with Crippen molar-refractivity contribution in [1.29, 1.82) is 0 Å². The van der Waals surface area contributed by atoms with E-state index >= 15 is 0 Å². The van der Waals surface area contributed by atoms with Gasteiger partial charge in [0, 0.05) is 17.5 Å². The molecule has 0 spiro atoms. The summed E-state index contributed by atoms with van der Waals surface area (Å²) in [7, 11) is 0. The molecule has 15 heavy (non-hydrogen) atoms. The number of nitro groups is 1. The first-order valence-electron chi connectivity index (χ1n) is 3.96. The molecule has 0 bridgehead atoms. The van der Waals surface area contributed by atoms with Crippen molar-refractivity contribution in [2.45, 2.75) is 0 Å². The molecule has 1 aromatic carbocycles. The van der Waals surface area contributed by atoms with Crippen LogP contribution in [0.4, 0.5) is 5.69 Å². The first kappa shape index (κ1) is 10.1. The zero-order valence-corrected chi connectivity index (χ0v) is 9.43. The summed E-state index contributed by atoms with van der Waals surface area (Å²) < 4.78 is 5.34. The number of hydrogen-bond acceptors (Lipinski definition) is 4. The Labute approximate surface area is 97.0 Å². The Morgan fingerprint density at radius 3 is 2.73 bits per heavy atom. The van der Waals surface area contributed by atoms with E-state index in [0.29, 0.717) is 14.5 Å². The Morgan fingerprint density at radius 1 is 1.33 bits per heavy atom. The van der Waals surface area contributed by atoms with E-state index in [2.05, 4.69) is 0 Å². The fraction of sp³-hybridized carbons (Fsp3) is 0. The Hall–Kier alpha value is -1.44. The standard InChI is InChI=1S/C9H4INO4/c10-7-4-5-3-6(11(13)14)1-2-8(5)15-9(7)12/h1-4H. The molecule has 0 aliphatic carbocycles. The van der Waals surface area contributed by atoms with Crippen LogP contribution in [-0.2, 0) is 0 Å². The molecule has 0 amide bonds. The number of rotatable bonds is 1. The topological polar surface area (TPSA) is 73.3 Å². The maximum Gasteiger partial charge on any atom is 0.349 e. The summed E-state index contributed by atoms with van der Waals surface area (Å²) in [6.45, 7) is 0. The van der Waals surface area contributed by atoms with Gasteiger partial charge in [0.2, 0.25) is 0 Å². The Kier molecular flexibility index (Phi) is 2.43. The molecular formula is C9H4INO4. The second kappa shape index (κ2) is 3.61. The third-order valence-electron chi connectivity index (χ3n) is 1.88. The van der Waals surface area contributed by atoms with Gasteiger partial charge in [0.05, 0.1) is 8.49 Å². The lowest BCUT2D eigenvalue weighted by Crippen LogP contribution is -2.02. The largest absolute Gasteiger partial charge is 0.422 e. The average molecular weight is 317 g/mol. The third kappa shape index (κ3) is 1.84. The van der Waals surface area contributed by atoms with Crippen LogP contribution in [-0.4, -0.2) is 4.92 Å². The molecule has 0 unspecified atom stereocenters. The van der Waals surface area contributed by atoms with E-state index in [1.165, 1.54) is 18.2 Å². The van der Waals surface area contributed by atoms with Crippen LogP contribution >= 0.6 is 22.6 Å². The SMILES string of the molecule is O=c1oc2ccc([N+](=O)[O-])cc2cc1I. The number of nitrogens with zero attached hydrogens (tertiary/aromatic N) is 1. The lowest BCUT2D eigenvalue weighted by atomic mass is 10.2. The monoisotopic (exact) mass is 317 g/mol. The van der Waals surface area contributed by atoms with E-state index in [1.54, 1.807) is 6.07 Å². The zero-order chi connectivity index (χ0) is 11.0. The van der Waals surface area contributed by atoms with Gasteiger partial charge in [-0.15, -0.1) is 0 Å². The highest BCUT2D eigenvalue weighted by molar-refractivity contribution is 14.1. The molecule has 2 rings (SSSR count). The number of benzene rings is 1. The number of non-ortho nitro benzene ring substituents is 1. The number of halogens is 1.